The Morgan fingerprint density at radius 1 is 1.19 bits per heavy atom. The number of hydrogen-bond acceptors (Lipinski definition) is 2. The standard InChI is InChI=1S/C22H27ClO4/c1-3-4-5-7-16-9-10-17(19(23)14-16)11-13-22(21(26)27)12-6-8-18(15(22)2)20(24)25/h6,8-10,12,14-15H,3-5,7,11,13H2,1-2H3,(H,24,25)(H,26,27). The van der Waals surface area contributed by atoms with E-state index in [2.05, 4.69) is 6.92 Å². The Kier molecular flexibility index (Phi) is 7.25. The van der Waals surface area contributed by atoms with Crippen molar-refractivity contribution in [2.24, 2.45) is 11.3 Å². The Morgan fingerprint density at radius 2 is 1.93 bits per heavy atom. The van der Waals surface area contributed by atoms with E-state index in [1.165, 1.54) is 30.6 Å². The maximum Gasteiger partial charge on any atom is 0.331 e. The molecule has 0 fully saturated rings. The molecule has 0 aromatic heterocycles. The molecule has 2 atom stereocenters. The second-order valence-corrected chi connectivity index (χ2v) is 7.64. The lowest BCUT2D eigenvalue weighted by Crippen LogP contribution is -2.40. The van der Waals surface area contributed by atoms with Crippen LogP contribution in [0, 0.1) is 11.3 Å². The lowest BCUT2D eigenvalue weighted by Gasteiger charge is -2.35. The van der Waals surface area contributed by atoms with E-state index in [0.29, 0.717) is 17.9 Å². The third kappa shape index (κ3) is 4.81. The number of allylic oxidation sites excluding steroid dienone is 2. The number of hydrogen-bond donors (Lipinski definition) is 2. The minimum atomic E-state index is -1.24. The van der Waals surface area contributed by atoms with Crippen molar-refractivity contribution in [2.75, 3.05) is 0 Å². The lowest BCUT2D eigenvalue weighted by atomic mass is 9.67. The van der Waals surface area contributed by atoms with Crippen LogP contribution in [0.3, 0.4) is 0 Å². The smallest absolute Gasteiger partial charge is 0.331 e. The molecule has 146 valence electrons. The molecule has 0 saturated heterocycles. The van der Waals surface area contributed by atoms with Gasteiger partial charge in [0.1, 0.15) is 0 Å². The summed E-state index contributed by atoms with van der Waals surface area (Å²) in [6.45, 7) is 3.83. The first-order valence-corrected chi connectivity index (χ1v) is 9.83. The molecule has 1 aromatic rings. The third-order valence-corrected chi connectivity index (χ3v) is 5.90. The molecule has 5 heteroatoms. The fourth-order valence-electron chi connectivity index (χ4n) is 3.68. The molecule has 0 spiro atoms. The summed E-state index contributed by atoms with van der Waals surface area (Å²) in [4.78, 5) is 23.5. The number of unbranched alkanes of at least 4 members (excludes halogenated alkanes) is 2. The molecule has 2 unspecified atom stereocenters. The first-order chi connectivity index (χ1) is 12.8. The van der Waals surface area contributed by atoms with Gasteiger partial charge in [-0.3, -0.25) is 4.79 Å². The normalized spacial score (nSPS) is 21.7. The van der Waals surface area contributed by atoms with E-state index in [-0.39, 0.29) is 5.57 Å². The summed E-state index contributed by atoms with van der Waals surface area (Å²) >= 11 is 6.43. The molecule has 0 bridgehead atoms. The van der Waals surface area contributed by atoms with E-state index in [9.17, 15) is 19.8 Å². The fraction of sp³-hybridized carbons (Fsp3) is 0.455. The monoisotopic (exact) mass is 390 g/mol. The number of carboxylic acids is 2. The van der Waals surface area contributed by atoms with Crippen molar-refractivity contribution >= 4 is 23.5 Å². The molecule has 0 saturated carbocycles. The van der Waals surface area contributed by atoms with Gasteiger partial charge >= 0.3 is 11.9 Å². The molecular weight excluding hydrogens is 364 g/mol. The molecule has 1 aliphatic carbocycles. The maximum absolute atomic E-state index is 12.1. The van der Waals surface area contributed by atoms with Gasteiger partial charge in [0.2, 0.25) is 0 Å². The number of aliphatic carboxylic acids is 2. The van der Waals surface area contributed by atoms with Crippen LogP contribution >= 0.6 is 11.6 Å². The van der Waals surface area contributed by atoms with Crippen LogP contribution in [0.1, 0.15) is 50.7 Å². The van der Waals surface area contributed by atoms with Crippen molar-refractivity contribution in [1.82, 2.24) is 0 Å². The molecule has 0 radical (unpaired) electrons. The van der Waals surface area contributed by atoms with Gasteiger partial charge in [-0.15, -0.1) is 0 Å². The Balaban J connectivity index is 2.15. The van der Waals surface area contributed by atoms with Gasteiger partial charge in [-0.2, -0.15) is 0 Å². The predicted molar refractivity (Wildman–Crippen MR) is 107 cm³/mol. The second-order valence-electron chi connectivity index (χ2n) is 7.24. The summed E-state index contributed by atoms with van der Waals surface area (Å²) in [6, 6.07) is 5.97. The molecular formula is C22H27ClO4. The molecule has 0 amide bonds. The van der Waals surface area contributed by atoms with Gasteiger partial charge in [-0.1, -0.05) is 68.7 Å². The highest BCUT2D eigenvalue weighted by Gasteiger charge is 2.45. The van der Waals surface area contributed by atoms with Crippen molar-refractivity contribution in [3.05, 3.63) is 58.1 Å². The minimum Gasteiger partial charge on any atom is -0.481 e. The van der Waals surface area contributed by atoms with Crippen LogP contribution in [0.2, 0.25) is 5.02 Å². The van der Waals surface area contributed by atoms with Gasteiger partial charge in [0, 0.05) is 16.5 Å². The quantitative estimate of drug-likeness (QED) is 0.561. The van der Waals surface area contributed by atoms with Crippen LogP contribution in [0.4, 0.5) is 0 Å². The zero-order valence-corrected chi connectivity index (χ0v) is 16.6. The topological polar surface area (TPSA) is 74.6 Å². The second kappa shape index (κ2) is 9.23. The van der Waals surface area contributed by atoms with Crippen molar-refractivity contribution in [3.8, 4) is 0 Å². The van der Waals surface area contributed by atoms with E-state index in [0.717, 1.165) is 18.4 Å². The molecule has 1 aliphatic rings. The molecule has 2 N–H and O–H groups in total. The highest BCUT2D eigenvalue weighted by atomic mass is 35.5. The van der Waals surface area contributed by atoms with Crippen LogP contribution < -0.4 is 0 Å². The number of rotatable bonds is 9. The van der Waals surface area contributed by atoms with E-state index in [4.69, 9.17) is 11.6 Å². The number of halogens is 1. The van der Waals surface area contributed by atoms with E-state index in [1.54, 1.807) is 13.0 Å². The Bertz CT molecular complexity index is 766. The van der Waals surface area contributed by atoms with Crippen LogP contribution in [0.5, 0.6) is 0 Å². The van der Waals surface area contributed by atoms with E-state index in [1.807, 2.05) is 18.2 Å². The number of benzene rings is 1. The van der Waals surface area contributed by atoms with Crippen molar-refractivity contribution < 1.29 is 19.8 Å². The summed E-state index contributed by atoms with van der Waals surface area (Å²) in [5, 5.41) is 19.9. The SMILES string of the molecule is CCCCCc1ccc(CCC2(C(=O)O)C=CC=C(C(=O)O)C2C)c(Cl)c1. The van der Waals surface area contributed by atoms with Crippen molar-refractivity contribution in [2.45, 2.75) is 52.4 Å². The van der Waals surface area contributed by atoms with Gasteiger partial charge in [0.05, 0.1) is 5.41 Å². The number of carbonyl (C=O) groups is 2. The first-order valence-electron chi connectivity index (χ1n) is 9.45. The van der Waals surface area contributed by atoms with Gasteiger partial charge in [-0.05, 0) is 42.9 Å². The van der Waals surface area contributed by atoms with Crippen molar-refractivity contribution in [3.63, 3.8) is 0 Å². The van der Waals surface area contributed by atoms with Gasteiger partial charge in [0.25, 0.3) is 0 Å². The Labute approximate surface area is 165 Å². The summed E-state index contributed by atoms with van der Waals surface area (Å²) < 4.78 is 0. The summed E-state index contributed by atoms with van der Waals surface area (Å²) in [6.07, 6.45) is 9.86. The predicted octanol–water partition coefficient (Wildman–Crippen LogP) is 5.29. The van der Waals surface area contributed by atoms with Crippen LogP contribution in [0.25, 0.3) is 0 Å². The van der Waals surface area contributed by atoms with Crippen LogP contribution in [0.15, 0.2) is 42.0 Å². The molecule has 27 heavy (non-hydrogen) atoms. The largest absolute Gasteiger partial charge is 0.481 e. The molecule has 4 nitrogen and oxygen atoms in total. The number of carboxylic acid groups (broad SMARTS) is 2. The summed E-state index contributed by atoms with van der Waals surface area (Å²) in [5.41, 5.74) is 0.957. The van der Waals surface area contributed by atoms with Crippen molar-refractivity contribution in [1.29, 1.82) is 0 Å². The average Bonchev–Trinajstić information content (AvgIpc) is 2.62. The molecule has 1 aromatic carbocycles. The summed E-state index contributed by atoms with van der Waals surface area (Å²) in [7, 11) is 0. The fourth-order valence-corrected chi connectivity index (χ4v) is 3.98. The maximum atomic E-state index is 12.1. The minimum absolute atomic E-state index is 0.122. The zero-order valence-electron chi connectivity index (χ0n) is 15.9. The molecule has 2 rings (SSSR count). The Morgan fingerprint density at radius 3 is 2.52 bits per heavy atom. The lowest BCUT2D eigenvalue weighted by molar-refractivity contribution is -0.149. The average molecular weight is 391 g/mol. The van der Waals surface area contributed by atoms with Gasteiger partial charge < -0.3 is 10.2 Å². The molecule has 0 heterocycles. The highest BCUT2D eigenvalue weighted by molar-refractivity contribution is 6.31. The Hall–Kier alpha value is -2.07. The van der Waals surface area contributed by atoms with Gasteiger partial charge in [0.15, 0.2) is 0 Å². The van der Waals surface area contributed by atoms with E-state index < -0.39 is 23.3 Å². The highest BCUT2D eigenvalue weighted by Crippen LogP contribution is 2.42. The first kappa shape index (κ1) is 21.2. The summed E-state index contributed by atoms with van der Waals surface area (Å²) in [5.74, 6) is -2.71. The zero-order chi connectivity index (χ0) is 20.0. The van der Waals surface area contributed by atoms with Crippen LogP contribution in [-0.2, 0) is 22.4 Å². The number of aryl methyl sites for hydroxylation is 2. The van der Waals surface area contributed by atoms with E-state index >= 15 is 0 Å². The molecule has 0 aliphatic heterocycles. The van der Waals surface area contributed by atoms with Crippen LogP contribution in [-0.4, -0.2) is 22.2 Å². The third-order valence-electron chi connectivity index (χ3n) is 5.55. The van der Waals surface area contributed by atoms with Gasteiger partial charge in [-0.25, -0.2) is 4.79 Å².